The van der Waals surface area contributed by atoms with E-state index in [-0.39, 0.29) is 12.0 Å². The molecule has 0 aliphatic heterocycles. The largest absolute Gasteiger partial charge is 0.396 e. The molecule has 0 bridgehead atoms. The molecule has 0 saturated carbocycles. The van der Waals surface area contributed by atoms with Crippen molar-refractivity contribution in [2.45, 2.75) is 34.1 Å². The van der Waals surface area contributed by atoms with Gasteiger partial charge in [0.2, 0.25) is 0 Å². The van der Waals surface area contributed by atoms with E-state index in [0.29, 0.717) is 5.92 Å². The monoisotopic (exact) mass is 240 g/mol. The van der Waals surface area contributed by atoms with Crippen molar-refractivity contribution in [3.8, 4) is 0 Å². The average molecular weight is 241 g/mol. The van der Waals surface area contributed by atoms with E-state index in [1.54, 1.807) is 0 Å². The lowest BCUT2D eigenvalue weighted by Gasteiger charge is -2.32. The predicted molar refractivity (Wildman–Crippen MR) is 69.9 cm³/mol. The minimum absolute atomic E-state index is 0.0983. The molecule has 1 aromatic carbocycles. The number of hydrogen-bond acceptors (Lipinski definition) is 1. The van der Waals surface area contributed by atoms with Crippen molar-refractivity contribution in [3.05, 3.63) is 34.3 Å². The molecule has 0 spiro atoms. The van der Waals surface area contributed by atoms with Crippen LogP contribution in [0.2, 0.25) is 5.02 Å². The fraction of sp³-hybridized carbons (Fsp3) is 0.571. The number of aliphatic hydroxyl groups is 1. The molecule has 1 N–H and O–H groups in total. The zero-order valence-corrected chi connectivity index (χ0v) is 11.3. The Balaban J connectivity index is 2.95. The normalized spacial score (nSPS) is 15.2. The zero-order chi connectivity index (χ0) is 12.3. The van der Waals surface area contributed by atoms with Gasteiger partial charge in [-0.15, -0.1) is 0 Å². The minimum atomic E-state index is -0.0983. The van der Waals surface area contributed by atoms with Gasteiger partial charge in [-0.2, -0.15) is 0 Å². The first kappa shape index (κ1) is 13.5. The molecule has 1 unspecified atom stereocenters. The second-order valence-corrected chi connectivity index (χ2v) is 5.65. The van der Waals surface area contributed by atoms with Crippen LogP contribution in [0.25, 0.3) is 0 Å². The molecule has 1 atom stereocenters. The highest BCUT2D eigenvalue weighted by Gasteiger charge is 2.28. The van der Waals surface area contributed by atoms with Crippen LogP contribution in [0.15, 0.2) is 18.2 Å². The molecule has 0 radical (unpaired) electrons. The third-order valence-electron chi connectivity index (χ3n) is 3.56. The number of hydrogen-bond donors (Lipinski definition) is 1. The standard InChI is InChI=1S/C14H21ClO/c1-10(2)14(4,9-16)8-12-6-5-11(3)7-13(12)15/h5-7,10,16H,8-9H2,1-4H3. The minimum Gasteiger partial charge on any atom is -0.396 e. The van der Waals surface area contributed by atoms with Gasteiger partial charge in [-0.3, -0.25) is 0 Å². The molecule has 0 aliphatic rings. The molecule has 16 heavy (non-hydrogen) atoms. The van der Waals surface area contributed by atoms with E-state index in [1.165, 1.54) is 5.56 Å². The van der Waals surface area contributed by atoms with Crippen LogP contribution in [0.4, 0.5) is 0 Å². The summed E-state index contributed by atoms with van der Waals surface area (Å²) in [7, 11) is 0. The van der Waals surface area contributed by atoms with Crippen molar-refractivity contribution in [3.63, 3.8) is 0 Å². The Hall–Kier alpha value is -0.530. The SMILES string of the molecule is Cc1ccc(CC(C)(CO)C(C)C)c(Cl)c1. The summed E-state index contributed by atoms with van der Waals surface area (Å²) in [6.07, 6.45) is 0.820. The number of aliphatic hydroxyl groups excluding tert-OH is 1. The second-order valence-electron chi connectivity index (χ2n) is 5.24. The lowest BCUT2D eigenvalue weighted by Crippen LogP contribution is -2.30. The Morgan fingerprint density at radius 1 is 1.38 bits per heavy atom. The van der Waals surface area contributed by atoms with Gasteiger partial charge in [-0.05, 0) is 41.9 Å². The second kappa shape index (κ2) is 5.20. The van der Waals surface area contributed by atoms with E-state index in [1.807, 2.05) is 13.0 Å². The number of halogens is 1. The summed E-state index contributed by atoms with van der Waals surface area (Å²) in [6, 6.07) is 6.11. The van der Waals surface area contributed by atoms with E-state index in [4.69, 9.17) is 11.6 Å². The summed E-state index contributed by atoms with van der Waals surface area (Å²) in [5.41, 5.74) is 2.19. The van der Waals surface area contributed by atoms with Gasteiger partial charge in [0, 0.05) is 11.6 Å². The van der Waals surface area contributed by atoms with Crippen molar-refractivity contribution in [1.29, 1.82) is 0 Å². The highest BCUT2D eigenvalue weighted by molar-refractivity contribution is 6.31. The molecular weight excluding hydrogens is 220 g/mol. The van der Waals surface area contributed by atoms with E-state index >= 15 is 0 Å². The molecule has 0 heterocycles. The highest BCUT2D eigenvalue weighted by atomic mass is 35.5. The van der Waals surface area contributed by atoms with Crippen molar-refractivity contribution in [2.24, 2.45) is 11.3 Å². The predicted octanol–water partition coefficient (Wildman–Crippen LogP) is 3.85. The molecule has 0 aromatic heterocycles. The molecular formula is C14H21ClO. The summed E-state index contributed by atoms with van der Waals surface area (Å²) in [4.78, 5) is 0. The van der Waals surface area contributed by atoms with Crippen molar-refractivity contribution < 1.29 is 5.11 Å². The Labute approximate surface area is 103 Å². The van der Waals surface area contributed by atoms with E-state index in [2.05, 4.69) is 32.9 Å². The quantitative estimate of drug-likeness (QED) is 0.848. The van der Waals surface area contributed by atoms with Crippen LogP contribution in [0.1, 0.15) is 31.9 Å². The number of benzene rings is 1. The van der Waals surface area contributed by atoms with Crippen LogP contribution in [-0.2, 0) is 6.42 Å². The Bertz CT molecular complexity index is 360. The van der Waals surface area contributed by atoms with Gasteiger partial charge in [-0.25, -0.2) is 0 Å². The fourth-order valence-electron chi connectivity index (χ4n) is 1.67. The van der Waals surface area contributed by atoms with Crippen molar-refractivity contribution >= 4 is 11.6 Å². The molecule has 0 amide bonds. The first-order chi connectivity index (χ1) is 7.39. The fourth-order valence-corrected chi connectivity index (χ4v) is 1.98. The van der Waals surface area contributed by atoms with Gasteiger partial charge >= 0.3 is 0 Å². The molecule has 0 fully saturated rings. The summed E-state index contributed by atoms with van der Waals surface area (Å²) in [5, 5.41) is 10.3. The van der Waals surface area contributed by atoms with E-state index in [9.17, 15) is 5.11 Å². The van der Waals surface area contributed by atoms with Gasteiger partial charge in [0.15, 0.2) is 0 Å². The molecule has 0 saturated heterocycles. The highest BCUT2D eigenvalue weighted by Crippen LogP contribution is 2.33. The molecule has 1 rings (SSSR count). The Morgan fingerprint density at radius 2 is 2.00 bits per heavy atom. The van der Waals surface area contributed by atoms with E-state index in [0.717, 1.165) is 17.0 Å². The smallest absolute Gasteiger partial charge is 0.0490 e. The summed E-state index contributed by atoms with van der Waals surface area (Å²) >= 11 is 6.22. The summed E-state index contributed by atoms with van der Waals surface area (Å²) < 4.78 is 0. The third kappa shape index (κ3) is 2.99. The van der Waals surface area contributed by atoms with Crippen LogP contribution in [0, 0.1) is 18.3 Å². The molecule has 90 valence electrons. The summed E-state index contributed by atoms with van der Waals surface area (Å²) in [6.45, 7) is 8.60. The molecule has 2 heteroatoms. The number of rotatable bonds is 4. The van der Waals surface area contributed by atoms with Crippen LogP contribution in [-0.4, -0.2) is 11.7 Å². The Kier molecular flexibility index (Phi) is 4.40. The van der Waals surface area contributed by atoms with Gasteiger partial charge in [-0.1, -0.05) is 44.5 Å². The van der Waals surface area contributed by atoms with Crippen LogP contribution in [0.3, 0.4) is 0 Å². The van der Waals surface area contributed by atoms with Gasteiger partial charge < -0.3 is 5.11 Å². The average Bonchev–Trinajstić information content (AvgIpc) is 2.22. The van der Waals surface area contributed by atoms with Gasteiger partial charge in [0.05, 0.1) is 0 Å². The Morgan fingerprint density at radius 3 is 2.44 bits per heavy atom. The maximum Gasteiger partial charge on any atom is 0.0490 e. The summed E-state index contributed by atoms with van der Waals surface area (Å²) in [5.74, 6) is 0.426. The molecule has 0 aliphatic carbocycles. The van der Waals surface area contributed by atoms with Gasteiger partial charge in [0.1, 0.15) is 0 Å². The lowest BCUT2D eigenvalue weighted by atomic mass is 9.75. The first-order valence-electron chi connectivity index (χ1n) is 5.75. The van der Waals surface area contributed by atoms with E-state index < -0.39 is 0 Å². The molecule has 1 nitrogen and oxygen atoms in total. The van der Waals surface area contributed by atoms with Crippen LogP contribution < -0.4 is 0 Å². The third-order valence-corrected chi connectivity index (χ3v) is 3.91. The van der Waals surface area contributed by atoms with Gasteiger partial charge in [0.25, 0.3) is 0 Å². The topological polar surface area (TPSA) is 20.2 Å². The number of aryl methyl sites for hydroxylation is 1. The van der Waals surface area contributed by atoms with Crippen LogP contribution in [0.5, 0.6) is 0 Å². The maximum atomic E-state index is 9.52. The first-order valence-corrected chi connectivity index (χ1v) is 6.13. The maximum absolute atomic E-state index is 9.52. The van der Waals surface area contributed by atoms with Crippen molar-refractivity contribution in [1.82, 2.24) is 0 Å². The zero-order valence-electron chi connectivity index (χ0n) is 10.5. The van der Waals surface area contributed by atoms with Crippen molar-refractivity contribution in [2.75, 3.05) is 6.61 Å². The lowest BCUT2D eigenvalue weighted by molar-refractivity contribution is 0.0948. The van der Waals surface area contributed by atoms with Crippen LogP contribution >= 0.6 is 11.6 Å². The molecule has 1 aromatic rings.